The summed E-state index contributed by atoms with van der Waals surface area (Å²) in [7, 11) is 0. The van der Waals surface area contributed by atoms with Gasteiger partial charge in [-0.05, 0) is 37.1 Å². The molecule has 0 amide bonds. The molecule has 7 heteroatoms. The van der Waals surface area contributed by atoms with E-state index in [-0.39, 0.29) is 0 Å². The maximum absolute atomic E-state index is 8.73. The first-order valence-electron chi connectivity index (χ1n) is 6.00. The van der Waals surface area contributed by atoms with Crippen LogP contribution in [0.5, 0.6) is 0 Å². The van der Waals surface area contributed by atoms with Gasteiger partial charge >= 0.3 is 20.1 Å². The molecule has 0 fully saturated rings. The van der Waals surface area contributed by atoms with Crippen molar-refractivity contribution in [2.24, 2.45) is 0 Å². The van der Waals surface area contributed by atoms with Gasteiger partial charge in [0.15, 0.2) is 0 Å². The Labute approximate surface area is 127 Å². The van der Waals surface area contributed by atoms with Crippen LogP contribution in [-0.2, 0) is 0 Å². The van der Waals surface area contributed by atoms with Crippen LogP contribution in [-0.4, -0.2) is 13.4 Å². The lowest BCUT2D eigenvalue weighted by atomic mass is 10.0. The largest absolute Gasteiger partial charge is 0.368 e. The molecule has 2 heterocycles. The van der Waals surface area contributed by atoms with Crippen molar-refractivity contribution in [2.75, 3.05) is 0 Å². The van der Waals surface area contributed by atoms with Crippen molar-refractivity contribution in [3.63, 3.8) is 0 Å². The van der Waals surface area contributed by atoms with Crippen molar-refractivity contribution in [1.29, 1.82) is 0 Å². The summed E-state index contributed by atoms with van der Waals surface area (Å²) in [5.74, 6) is 0. The van der Waals surface area contributed by atoms with E-state index in [0.29, 0.717) is 0 Å². The van der Waals surface area contributed by atoms with Gasteiger partial charge in [-0.15, -0.1) is 0 Å². The molecule has 0 unspecified atom stereocenters. The Morgan fingerprint density at radius 3 is 1.48 bits per heavy atom. The summed E-state index contributed by atoms with van der Waals surface area (Å²) in [6.45, 7) is 4.21. The van der Waals surface area contributed by atoms with Crippen LogP contribution in [0.25, 0.3) is 21.8 Å². The van der Waals surface area contributed by atoms with Crippen molar-refractivity contribution in [3.8, 4) is 0 Å². The average Bonchev–Trinajstić information content (AvgIpc) is 2.37. The quantitative estimate of drug-likeness (QED) is 0.307. The maximum atomic E-state index is 8.73. The molecule has 2 aromatic heterocycles. The van der Waals surface area contributed by atoms with Gasteiger partial charge in [0.25, 0.3) is 0 Å². The van der Waals surface area contributed by atoms with Crippen LogP contribution < -0.4 is 30.4 Å². The summed E-state index contributed by atoms with van der Waals surface area (Å²) >= 11 is -5.69. The second-order valence-corrected chi connectivity index (χ2v) is 6.77. The molecule has 110 valence electrons. The Hall–Kier alpha value is -1.39. The first-order valence-corrected chi connectivity index (χ1v) is 9.61. The van der Waals surface area contributed by atoms with Gasteiger partial charge in [-0.1, -0.05) is 12.1 Å². The minimum Gasteiger partial charge on any atom is -0.256 e. The SMILES string of the molecule is Cc1ccnc2c1ccc1c(C)ccnc12.[O-][I+3]([O-])([O-])O. The number of hydrogen-bond acceptors (Lipinski definition) is 6. The number of aryl methyl sites for hydroxylation is 2. The Kier molecular flexibility index (Phi) is 4.69. The third-order valence-corrected chi connectivity index (χ3v) is 3.06. The van der Waals surface area contributed by atoms with Crippen LogP contribution in [0.2, 0.25) is 0 Å². The standard InChI is InChI=1S/C14H12N2.HIO4/c1-9-5-7-15-13-11(9)3-4-12-10(2)6-8-16-14(12)13;2-1(3,4)5/h3-8H,1-2H3;2H. The van der Waals surface area contributed by atoms with Gasteiger partial charge in [-0.3, -0.25) is 20.3 Å². The molecule has 1 aromatic carbocycles. The highest BCUT2D eigenvalue weighted by Gasteiger charge is 2.12. The summed E-state index contributed by atoms with van der Waals surface area (Å²) in [4.78, 5) is 8.90. The van der Waals surface area contributed by atoms with E-state index >= 15 is 0 Å². The van der Waals surface area contributed by atoms with Crippen LogP contribution >= 0.6 is 0 Å². The molecule has 0 aliphatic rings. The van der Waals surface area contributed by atoms with E-state index < -0.39 is 20.1 Å². The highest BCUT2D eigenvalue weighted by molar-refractivity contribution is 6.04. The molecule has 0 aliphatic carbocycles. The summed E-state index contributed by atoms with van der Waals surface area (Å²) in [5.41, 5.74) is 4.49. The minimum atomic E-state index is -5.69. The lowest BCUT2D eigenvalue weighted by Crippen LogP contribution is -4.23. The third-order valence-electron chi connectivity index (χ3n) is 3.06. The average molecular weight is 400 g/mol. The lowest BCUT2D eigenvalue weighted by Gasteiger charge is -2.06. The second-order valence-electron chi connectivity index (χ2n) is 4.51. The zero-order chi connectivity index (χ0) is 15.6. The molecule has 6 nitrogen and oxygen atoms in total. The predicted octanol–water partition coefficient (Wildman–Crippen LogP) is -3.72. The zero-order valence-corrected chi connectivity index (χ0v) is 13.6. The Bertz CT molecular complexity index is 720. The molecule has 1 N–H and O–H groups in total. The van der Waals surface area contributed by atoms with Crippen molar-refractivity contribution in [3.05, 3.63) is 47.8 Å². The number of benzene rings is 1. The molecular weight excluding hydrogens is 387 g/mol. The van der Waals surface area contributed by atoms with Gasteiger partial charge in [-0.2, -0.15) is 0 Å². The van der Waals surface area contributed by atoms with Gasteiger partial charge in [0.2, 0.25) is 0 Å². The molecule has 0 bridgehead atoms. The third kappa shape index (κ3) is 4.05. The smallest absolute Gasteiger partial charge is 0.256 e. The molecule has 0 saturated heterocycles. The summed E-state index contributed by atoms with van der Waals surface area (Å²) in [6, 6.07) is 8.33. The second kappa shape index (κ2) is 6.16. The molecule has 0 aliphatic heterocycles. The fourth-order valence-corrected chi connectivity index (χ4v) is 2.10. The Balaban J connectivity index is 0.000000282. The Morgan fingerprint density at radius 2 is 1.14 bits per heavy atom. The number of pyridine rings is 2. The van der Waals surface area contributed by atoms with Crippen LogP contribution in [0.15, 0.2) is 36.7 Å². The van der Waals surface area contributed by atoms with Crippen LogP contribution in [0.3, 0.4) is 0 Å². The van der Waals surface area contributed by atoms with E-state index in [1.54, 1.807) is 0 Å². The highest BCUT2D eigenvalue weighted by atomic mass is 127. The van der Waals surface area contributed by atoms with Gasteiger partial charge in [0, 0.05) is 26.6 Å². The minimum absolute atomic E-state index is 1.00. The predicted molar refractivity (Wildman–Crippen MR) is 68.7 cm³/mol. The van der Waals surface area contributed by atoms with Crippen molar-refractivity contribution < 1.29 is 33.8 Å². The lowest BCUT2D eigenvalue weighted by molar-refractivity contribution is -1.92. The van der Waals surface area contributed by atoms with Gasteiger partial charge in [-0.25, -0.2) is 0 Å². The normalized spacial score (nSPS) is 11.3. The molecule has 0 atom stereocenters. The zero-order valence-electron chi connectivity index (χ0n) is 11.4. The monoisotopic (exact) mass is 400 g/mol. The highest BCUT2D eigenvalue weighted by Crippen LogP contribution is 2.25. The number of fused-ring (bicyclic) bond motifs is 3. The van der Waals surface area contributed by atoms with Crippen molar-refractivity contribution in [2.45, 2.75) is 13.8 Å². The van der Waals surface area contributed by atoms with E-state index in [1.165, 1.54) is 21.9 Å². The van der Waals surface area contributed by atoms with E-state index in [1.807, 2.05) is 24.5 Å². The Morgan fingerprint density at radius 1 is 0.810 bits per heavy atom. The molecule has 3 rings (SSSR count). The summed E-state index contributed by atoms with van der Waals surface area (Å²) < 4.78 is 33.2. The number of rotatable bonds is 0. The molecular formula is C14H13IN2O4. The van der Waals surface area contributed by atoms with E-state index in [0.717, 1.165) is 11.0 Å². The molecule has 0 radical (unpaired) electrons. The van der Waals surface area contributed by atoms with Gasteiger partial charge in [0.1, 0.15) is 0 Å². The van der Waals surface area contributed by atoms with E-state index in [4.69, 9.17) is 13.7 Å². The first-order chi connectivity index (χ1) is 9.77. The fourth-order valence-electron chi connectivity index (χ4n) is 2.10. The maximum Gasteiger partial charge on any atom is 0.368 e. The van der Waals surface area contributed by atoms with Crippen molar-refractivity contribution in [1.82, 2.24) is 9.97 Å². The van der Waals surface area contributed by atoms with E-state index in [9.17, 15) is 0 Å². The number of nitrogens with zero attached hydrogens (tertiary/aromatic N) is 2. The summed E-state index contributed by atoms with van der Waals surface area (Å²) in [6.07, 6.45) is 3.70. The first kappa shape index (κ1) is 16.0. The number of halogens is 1. The number of aromatic nitrogens is 2. The topological polar surface area (TPSA) is 115 Å². The number of hydrogen-bond donors (Lipinski definition) is 1. The van der Waals surface area contributed by atoms with Gasteiger partial charge in [0.05, 0.1) is 11.0 Å². The van der Waals surface area contributed by atoms with Gasteiger partial charge < -0.3 is 0 Å². The summed E-state index contributed by atoms with van der Waals surface area (Å²) in [5, 5.41) is 2.38. The van der Waals surface area contributed by atoms with Crippen LogP contribution in [0.4, 0.5) is 0 Å². The molecule has 21 heavy (non-hydrogen) atoms. The van der Waals surface area contributed by atoms with Crippen LogP contribution in [0.1, 0.15) is 11.1 Å². The molecule has 0 saturated carbocycles. The van der Waals surface area contributed by atoms with Crippen LogP contribution in [0, 0.1) is 13.8 Å². The van der Waals surface area contributed by atoms with E-state index in [2.05, 4.69) is 35.9 Å². The van der Waals surface area contributed by atoms with Crippen molar-refractivity contribution >= 4 is 21.8 Å². The fraction of sp³-hybridized carbons (Fsp3) is 0.143. The molecule has 0 spiro atoms. The molecule has 3 aromatic rings.